The highest BCUT2D eigenvalue weighted by Crippen LogP contribution is 2.28. The van der Waals surface area contributed by atoms with Crippen LogP contribution in [0.5, 0.6) is 5.88 Å². The van der Waals surface area contributed by atoms with E-state index in [1.165, 1.54) is 12.8 Å². The number of nitrogens with one attached hydrogen (secondary N) is 1. The highest BCUT2D eigenvalue weighted by molar-refractivity contribution is 5.37. The Labute approximate surface area is 114 Å². The standard InChI is InChI=1S/C14H22N4O/c1-3-19-13-7-10(2)16-14(17-13)18-8-11-5-4-6-15-12(11)9-18/h7,11-12,15H,3-6,8-9H2,1-2H3/t11-,12+/m0/s1. The van der Waals surface area contributed by atoms with Crippen molar-refractivity contribution in [2.45, 2.75) is 32.7 Å². The molecule has 0 radical (unpaired) electrons. The lowest BCUT2D eigenvalue weighted by Gasteiger charge is -2.24. The van der Waals surface area contributed by atoms with Crippen molar-refractivity contribution in [3.05, 3.63) is 11.8 Å². The number of rotatable bonds is 3. The largest absolute Gasteiger partial charge is 0.478 e. The quantitative estimate of drug-likeness (QED) is 0.891. The predicted molar refractivity (Wildman–Crippen MR) is 74.7 cm³/mol. The van der Waals surface area contributed by atoms with Gasteiger partial charge in [-0.15, -0.1) is 0 Å². The van der Waals surface area contributed by atoms with Crippen molar-refractivity contribution in [2.75, 3.05) is 31.1 Å². The van der Waals surface area contributed by atoms with Gasteiger partial charge in [0.2, 0.25) is 11.8 Å². The maximum absolute atomic E-state index is 5.51. The van der Waals surface area contributed by atoms with Crippen LogP contribution in [-0.4, -0.2) is 42.3 Å². The molecule has 0 bridgehead atoms. The molecule has 3 rings (SSSR count). The second-order valence-corrected chi connectivity index (χ2v) is 5.45. The molecule has 0 aliphatic carbocycles. The van der Waals surface area contributed by atoms with Crippen molar-refractivity contribution in [2.24, 2.45) is 5.92 Å². The molecule has 5 heteroatoms. The van der Waals surface area contributed by atoms with Crippen LogP contribution in [0.2, 0.25) is 0 Å². The van der Waals surface area contributed by atoms with Crippen LogP contribution in [0.3, 0.4) is 0 Å². The van der Waals surface area contributed by atoms with Gasteiger partial charge in [-0.1, -0.05) is 0 Å². The molecule has 0 amide bonds. The van der Waals surface area contributed by atoms with Crippen LogP contribution in [0.1, 0.15) is 25.5 Å². The van der Waals surface area contributed by atoms with Gasteiger partial charge in [-0.3, -0.25) is 0 Å². The van der Waals surface area contributed by atoms with Gasteiger partial charge in [0, 0.05) is 30.9 Å². The third-order valence-electron chi connectivity index (χ3n) is 3.99. The van der Waals surface area contributed by atoms with Gasteiger partial charge >= 0.3 is 0 Å². The normalized spacial score (nSPS) is 26.3. The van der Waals surface area contributed by atoms with Crippen molar-refractivity contribution in [1.82, 2.24) is 15.3 Å². The molecule has 2 aliphatic heterocycles. The van der Waals surface area contributed by atoms with E-state index in [0.29, 0.717) is 18.5 Å². The molecule has 2 aliphatic rings. The summed E-state index contributed by atoms with van der Waals surface area (Å²) in [6.07, 6.45) is 2.60. The van der Waals surface area contributed by atoms with Crippen LogP contribution < -0.4 is 15.0 Å². The van der Waals surface area contributed by atoms with Gasteiger partial charge in [-0.25, -0.2) is 4.98 Å². The fourth-order valence-corrected chi connectivity index (χ4v) is 3.10. The molecular formula is C14H22N4O. The number of nitrogens with zero attached hydrogens (tertiary/aromatic N) is 3. The molecule has 1 N–H and O–H groups in total. The topological polar surface area (TPSA) is 50.3 Å². The molecule has 0 unspecified atom stereocenters. The molecular weight excluding hydrogens is 240 g/mol. The van der Waals surface area contributed by atoms with E-state index in [2.05, 4.69) is 20.2 Å². The molecule has 5 nitrogen and oxygen atoms in total. The third-order valence-corrected chi connectivity index (χ3v) is 3.99. The molecule has 2 saturated heterocycles. The minimum Gasteiger partial charge on any atom is -0.478 e. The van der Waals surface area contributed by atoms with Crippen LogP contribution in [0.25, 0.3) is 0 Å². The van der Waals surface area contributed by atoms with Crippen molar-refractivity contribution in [1.29, 1.82) is 0 Å². The van der Waals surface area contributed by atoms with Gasteiger partial charge in [0.25, 0.3) is 0 Å². The maximum atomic E-state index is 5.51. The molecule has 0 saturated carbocycles. The van der Waals surface area contributed by atoms with Gasteiger partial charge in [0.15, 0.2) is 0 Å². The molecule has 2 fully saturated rings. The van der Waals surface area contributed by atoms with E-state index in [-0.39, 0.29) is 0 Å². The average molecular weight is 262 g/mol. The number of hydrogen-bond acceptors (Lipinski definition) is 5. The van der Waals surface area contributed by atoms with Crippen LogP contribution in [0, 0.1) is 12.8 Å². The first kappa shape index (κ1) is 12.7. The number of aryl methyl sites for hydroxylation is 1. The minimum absolute atomic E-state index is 0.605. The van der Waals surface area contributed by atoms with E-state index in [4.69, 9.17) is 4.74 Å². The van der Waals surface area contributed by atoms with Crippen molar-refractivity contribution >= 4 is 5.95 Å². The van der Waals surface area contributed by atoms with Crippen molar-refractivity contribution in [3.8, 4) is 5.88 Å². The van der Waals surface area contributed by atoms with Crippen LogP contribution in [0.4, 0.5) is 5.95 Å². The molecule has 3 heterocycles. The summed E-state index contributed by atoms with van der Waals surface area (Å²) < 4.78 is 5.51. The second-order valence-electron chi connectivity index (χ2n) is 5.45. The first-order chi connectivity index (χ1) is 9.26. The van der Waals surface area contributed by atoms with Crippen LogP contribution in [-0.2, 0) is 0 Å². The van der Waals surface area contributed by atoms with E-state index in [9.17, 15) is 0 Å². The Kier molecular flexibility index (Phi) is 3.55. The zero-order valence-corrected chi connectivity index (χ0v) is 11.7. The number of piperidine rings is 1. The fraction of sp³-hybridized carbons (Fsp3) is 0.714. The number of fused-ring (bicyclic) bond motifs is 1. The van der Waals surface area contributed by atoms with E-state index >= 15 is 0 Å². The zero-order valence-electron chi connectivity index (χ0n) is 11.7. The van der Waals surface area contributed by atoms with Gasteiger partial charge in [-0.2, -0.15) is 4.98 Å². The summed E-state index contributed by atoms with van der Waals surface area (Å²) in [7, 11) is 0. The summed E-state index contributed by atoms with van der Waals surface area (Å²) in [6.45, 7) is 7.84. The third kappa shape index (κ3) is 2.66. The van der Waals surface area contributed by atoms with E-state index < -0.39 is 0 Å². The summed E-state index contributed by atoms with van der Waals surface area (Å²) in [4.78, 5) is 11.4. The summed E-state index contributed by atoms with van der Waals surface area (Å²) >= 11 is 0. The Morgan fingerprint density at radius 2 is 2.32 bits per heavy atom. The molecule has 1 aromatic rings. The number of aromatic nitrogens is 2. The highest BCUT2D eigenvalue weighted by Gasteiger charge is 2.35. The maximum Gasteiger partial charge on any atom is 0.228 e. The lowest BCUT2D eigenvalue weighted by molar-refractivity contribution is 0.326. The Hall–Kier alpha value is -1.36. The fourth-order valence-electron chi connectivity index (χ4n) is 3.10. The predicted octanol–water partition coefficient (Wildman–Crippen LogP) is 1.37. The zero-order chi connectivity index (χ0) is 13.2. The minimum atomic E-state index is 0.605. The summed E-state index contributed by atoms with van der Waals surface area (Å²) in [6, 6.07) is 2.50. The van der Waals surface area contributed by atoms with Gasteiger partial charge in [-0.05, 0) is 39.2 Å². The summed E-state index contributed by atoms with van der Waals surface area (Å²) in [5.74, 6) is 2.25. The lowest BCUT2D eigenvalue weighted by atomic mass is 9.94. The molecule has 2 atom stereocenters. The smallest absolute Gasteiger partial charge is 0.228 e. The van der Waals surface area contributed by atoms with Gasteiger partial charge in [0.05, 0.1) is 6.61 Å². The monoisotopic (exact) mass is 262 g/mol. The Morgan fingerprint density at radius 3 is 3.11 bits per heavy atom. The van der Waals surface area contributed by atoms with Crippen molar-refractivity contribution < 1.29 is 4.74 Å². The molecule has 0 spiro atoms. The van der Waals surface area contributed by atoms with E-state index in [0.717, 1.165) is 37.2 Å². The Bertz CT molecular complexity index is 437. The number of ether oxygens (including phenoxy) is 1. The first-order valence-corrected chi connectivity index (χ1v) is 7.23. The molecule has 104 valence electrons. The Morgan fingerprint density at radius 1 is 1.42 bits per heavy atom. The lowest BCUT2D eigenvalue weighted by Crippen LogP contribution is -2.40. The van der Waals surface area contributed by atoms with Gasteiger partial charge in [0.1, 0.15) is 0 Å². The summed E-state index contributed by atoms with van der Waals surface area (Å²) in [5.41, 5.74) is 0.969. The van der Waals surface area contributed by atoms with Crippen molar-refractivity contribution in [3.63, 3.8) is 0 Å². The summed E-state index contributed by atoms with van der Waals surface area (Å²) in [5, 5.41) is 3.61. The second kappa shape index (κ2) is 5.33. The highest BCUT2D eigenvalue weighted by atomic mass is 16.5. The van der Waals surface area contributed by atoms with E-state index in [1.54, 1.807) is 0 Å². The average Bonchev–Trinajstić information content (AvgIpc) is 2.82. The Balaban J connectivity index is 1.78. The number of anilines is 1. The number of hydrogen-bond donors (Lipinski definition) is 1. The van der Waals surface area contributed by atoms with Crippen LogP contribution in [0.15, 0.2) is 6.07 Å². The molecule has 1 aromatic heterocycles. The first-order valence-electron chi connectivity index (χ1n) is 7.23. The van der Waals surface area contributed by atoms with E-state index in [1.807, 2.05) is 19.9 Å². The SMILES string of the molecule is CCOc1cc(C)nc(N2C[C@@H]3CCCN[C@@H]3C2)n1. The van der Waals surface area contributed by atoms with Gasteiger partial charge < -0.3 is 15.0 Å². The van der Waals surface area contributed by atoms with Crippen LogP contribution >= 0.6 is 0 Å². The molecule has 19 heavy (non-hydrogen) atoms. The molecule has 0 aromatic carbocycles.